The van der Waals surface area contributed by atoms with E-state index in [1.54, 1.807) is 0 Å². The zero-order valence-electron chi connectivity index (χ0n) is 41.3. The third kappa shape index (κ3) is 5.56. The summed E-state index contributed by atoms with van der Waals surface area (Å²) in [6.45, 7) is 0. The molecule has 0 saturated carbocycles. The maximum Gasteiger partial charge on any atom is 0.0714 e. The van der Waals surface area contributed by atoms with Crippen molar-refractivity contribution < 1.29 is 0 Å². The van der Waals surface area contributed by atoms with Gasteiger partial charge in [-0.1, -0.05) is 194 Å². The van der Waals surface area contributed by atoms with Crippen LogP contribution >= 0.6 is 0 Å². The number of fused-ring (bicyclic) bond motifs is 15. The second kappa shape index (κ2) is 15.5. The molecule has 0 N–H and O–H groups in total. The van der Waals surface area contributed by atoms with E-state index in [1.807, 2.05) is 0 Å². The maximum atomic E-state index is 2.50. The third-order valence-electron chi connectivity index (χ3n) is 17.0. The molecule has 12 aromatic carbocycles. The van der Waals surface area contributed by atoms with Crippen molar-refractivity contribution in [2.24, 2.45) is 0 Å². The Hall–Kier alpha value is -9.96. The number of nitrogens with zero attached hydrogens (tertiary/aromatic N) is 3. The smallest absolute Gasteiger partial charge is 0.0714 e. The van der Waals surface area contributed by atoms with Gasteiger partial charge in [-0.2, -0.15) is 0 Å². The van der Waals surface area contributed by atoms with Gasteiger partial charge in [0, 0.05) is 54.5 Å². The Labute approximate surface area is 438 Å². The Bertz CT molecular complexity index is 4910. The number of benzene rings is 12. The highest BCUT2D eigenvalue weighted by atomic mass is 15.0. The predicted molar refractivity (Wildman–Crippen MR) is 318 cm³/mol. The zero-order chi connectivity index (χ0) is 49.6. The molecule has 352 valence electrons. The molecule has 0 radical (unpaired) electrons. The van der Waals surface area contributed by atoms with Gasteiger partial charge in [0.2, 0.25) is 0 Å². The van der Waals surface area contributed by atoms with Crippen LogP contribution in [0, 0.1) is 0 Å². The molecule has 0 atom stereocenters. The summed E-state index contributed by atoms with van der Waals surface area (Å²) in [4.78, 5) is 0. The van der Waals surface area contributed by atoms with Crippen molar-refractivity contribution in [3.8, 4) is 44.8 Å². The minimum atomic E-state index is -0.506. The summed E-state index contributed by atoms with van der Waals surface area (Å²) in [6, 6.07) is 102. The van der Waals surface area contributed by atoms with Crippen molar-refractivity contribution in [2.75, 3.05) is 0 Å². The Balaban J connectivity index is 0.872. The summed E-state index contributed by atoms with van der Waals surface area (Å²) < 4.78 is 7.45. The second-order valence-corrected chi connectivity index (χ2v) is 20.8. The van der Waals surface area contributed by atoms with E-state index < -0.39 is 5.41 Å². The van der Waals surface area contributed by atoms with E-state index in [2.05, 4.69) is 287 Å². The average Bonchev–Trinajstić information content (AvgIpc) is 4.41. The van der Waals surface area contributed by atoms with Crippen molar-refractivity contribution in [3.63, 3.8) is 0 Å². The fourth-order valence-corrected chi connectivity index (χ4v) is 13.9. The van der Waals surface area contributed by atoms with E-state index in [0.717, 1.165) is 5.69 Å². The first-order valence-corrected chi connectivity index (χ1v) is 26.4. The lowest BCUT2D eigenvalue weighted by atomic mass is 9.67. The van der Waals surface area contributed by atoms with Gasteiger partial charge in [-0.25, -0.2) is 0 Å². The molecule has 0 aliphatic heterocycles. The summed E-state index contributed by atoms with van der Waals surface area (Å²) in [5.41, 5.74) is 22.8. The third-order valence-corrected chi connectivity index (χ3v) is 17.0. The molecule has 0 spiro atoms. The molecule has 3 heteroatoms. The van der Waals surface area contributed by atoms with E-state index in [4.69, 9.17) is 0 Å². The molecular formula is C73H45N3. The fraction of sp³-hybridized carbons (Fsp3) is 0.0137. The summed E-state index contributed by atoms with van der Waals surface area (Å²) in [5.74, 6) is 0. The average molecular weight is 964 g/mol. The van der Waals surface area contributed by atoms with Crippen molar-refractivity contribution in [1.29, 1.82) is 0 Å². The molecule has 1 aliphatic rings. The van der Waals surface area contributed by atoms with Crippen LogP contribution in [0.2, 0.25) is 0 Å². The molecular weight excluding hydrogens is 919 g/mol. The number of hydrogen-bond acceptors (Lipinski definition) is 0. The van der Waals surface area contributed by atoms with Gasteiger partial charge in [-0.3, -0.25) is 0 Å². The molecule has 0 amide bonds. The van der Waals surface area contributed by atoms with Crippen LogP contribution in [0.3, 0.4) is 0 Å². The van der Waals surface area contributed by atoms with Gasteiger partial charge in [0.1, 0.15) is 0 Å². The molecule has 17 rings (SSSR count). The molecule has 3 nitrogen and oxygen atoms in total. The first kappa shape index (κ1) is 41.5. The second-order valence-electron chi connectivity index (χ2n) is 20.8. The van der Waals surface area contributed by atoms with E-state index >= 15 is 0 Å². The normalized spacial score (nSPS) is 13.1. The van der Waals surface area contributed by atoms with Crippen LogP contribution in [0.5, 0.6) is 0 Å². The molecule has 4 heterocycles. The van der Waals surface area contributed by atoms with E-state index in [9.17, 15) is 0 Å². The van der Waals surface area contributed by atoms with Crippen LogP contribution in [0.15, 0.2) is 273 Å². The maximum absolute atomic E-state index is 2.50. The van der Waals surface area contributed by atoms with Crippen LogP contribution in [-0.2, 0) is 5.41 Å². The van der Waals surface area contributed by atoms with E-state index in [0.29, 0.717) is 0 Å². The molecule has 0 bridgehead atoms. The van der Waals surface area contributed by atoms with Crippen LogP contribution in [-0.4, -0.2) is 13.5 Å². The van der Waals surface area contributed by atoms with Crippen molar-refractivity contribution in [3.05, 3.63) is 295 Å². The van der Waals surface area contributed by atoms with Gasteiger partial charge in [0.25, 0.3) is 0 Å². The minimum absolute atomic E-state index is 0.506. The van der Waals surface area contributed by atoms with Crippen molar-refractivity contribution in [1.82, 2.24) is 13.5 Å². The van der Waals surface area contributed by atoms with Gasteiger partial charge in [-0.15, -0.1) is 0 Å². The monoisotopic (exact) mass is 963 g/mol. The molecule has 0 saturated heterocycles. The number of para-hydroxylation sites is 3. The molecule has 76 heavy (non-hydrogen) atoms. The standard InChI is InChI=1S/C73H45N3/c1-4-18-46(19-5-1)47-32-37-70-60(40-47)61-42-49(34-39-71(61)74(70)52-35-36-55-54-24-10-14-28-64(54)73(65(55)45-52,50-20-6-2-7-21-50)51-22-8-3-9-23-51)48-33-38-69-59(41-48)56-25-11-15-29-66(56)75(69)53-43-62-57-26-12-16-30-67(57)76-68-31-17-13-27-58(68)63(44-53)72(62)76/h1-45H. The fourth-order valence-electron chi connectivity index (χ4n) is 13.9. The summed E-state index contributed by atoms with van der Waals surface area (Å²) in [5, 5.41) is 10.0. The van der Waals surface area contributed by atoms with Crippen molar-refractivity contribution >= 4 is 81.7 Å². The van der Waals surface area contributed by atoms with Crippen LogP contribution in [0.4, 0.5) is 0 Å². The summed E-state index contributed by atoms with van der Waals surface area (Å²) >= 11 is 0. The molecule has 4 aromatic heterocycles. The van der Waals surface area contributed by atoms with Gasteiger partial charge in [-0.05, 0) is 134 Å². The quantitative estimate of drug-likeness (QED) is 0.158. The van der Waals surface area contributed by atoms with E-state index in [-0.39, 0.29) is 0 Å². The van der Waals surface area contributed by atoms with Gasteiger partial charge >= 0.3 is 0 Å². The number of rotatable bonds is 6. The Morgan fingerprint density at radius 2 is 0.658 bits per heavy atom. The summed E-state index contributed by atoms with van der Waals surface area (Å²) in [7, 11) is 0. The molecule has 0 unspecified atom stereocenters. The predicted octanol–water partition coefficient (Wildman–Crippen LogP) is 18.7. The SMILES string of the molecule is c1ccc(-c2ccc3c(c2)c2cc(-c4ccc5c(c4)c4ccccc4n5-c4cc5c6ccccc6n6c7ccccc7c(c4)c56)ccc2n3-c2ccc3c(c2)C(c2ccccc2)(c2ccccc2)c2ccccc2-3)cc1. The Morgan fingerprint density at radius 3 is 1.24 bits per heavy atom. The lowest BCUT2D eigenvalue weighted by Gasteiger charge is -2.34. The van der Waals surface area contributed by atoms with E-state index in [1.165, 1.54) is 143 Å². The first-order valence-electron chi connectivity index (χ1n) is 26.4. The summed E-state index contributed by atoms with van der Waals surface area (Å²) in [6.07, 6.45) is 0. The number of aromatic nitrogens is 3. The largest absolute Gasteiger partial charge is 0.309 e. The zero-order valence-corrected chi connectivity index (χ0v) is 41.3. The highest BCUT2D eigenvalue weighted by Gasteiger charge is 2.46. The minimum Gasteiger partial charge on any atom is -0.309 e. The Morgan fingerprint density at radius 1 is 0.237 bits per heavy atom. The lowest BCUT2D eigenvalue weighted by Crippen LogP contribution is -2.28. The van der Waals surface area contributed by atoms with Crippen LogP contribution < -0.4 is 0 Å². The lowest BCUT2D eigenvalue weighted by molar-refractivity contribution is 0.767. The van der Waals surface area contributed by atoms with Crippen LogP contribution in [0.25, 0.3) is 126 Å². The first-order chi connectivity index (χ1) is 37.7. The van der Waals surface area contributed by atoms with Gasteiger partial charge < -0.3 is 13.5 Å². The number of hydrogen-bond donors (Lipinski definition) is 0. The van der Waals surface area contributed by atoms with Gasteiger partial charge in [0.05, 0.1) is 44.0 Å². The molecule has 16 aromatic rings. The van der Waals surface area contributed by atoms with Crippen LogP contribution in [0.1, 0.15) is 22.3 Å². The highest BCUT2D eigenvalue weighted by molar-refractivity contribution is 6.24. The van der Waals surface area contributed by atoms with Gasteiger partial charge in [0.15, 0.2) is 0 Å². The van der Waals surface area contributed by atoms with Crippen molar-refractivity contribution in [2.45, 2.75) is 5.41 Å². The molecule has 0 fully saturated rings. The highest BCUT2D eigenvalue weighted by Crippen LogP contribution is 2.57. The topological polar surface area (TPSA) is 14.3 Å². The molecule has 1 aliphatic carbocycles. The Kier molecular flexibility index (Phi) is 8.48.